The van der Waals surface area contributed by atoms with Crippen LogP contribution in [0.5, 0.6) is 5.75 Å². The highest BCUT2D eigenvalue weighted by Crippen LogP contribution is 2.23. The standard InChI is InChI=1S/C21H27N7O2/c1-5-22-21(29)28-19(27-20-25-13(2)10-14(3)26-20)23-9-8-15-12-24-18-7-6-16(30-4)11-17(15)18/h6-7,10-12,24H,5,8-9H2,1-4H3,(H3,22,23,25,26,27,28,29). The lowest BCUT2D eigenvalue weighted by Gasteiger charge is -2.11. The van der Waals surface area contributed by atoms with Crippen molar-refractivity contribution in [1.29, 1.82) is 0 Å². The highest BCUT2D eigenvalue weighted by atomic mass is 16.5. The second kappa shape index (κ2) is 9.73. The second-order valence-electron chi connectivity index (χ2n) is 6.79. The highest BCUT2D eigenvalue weighted by Gasteiger charge is 2.09. The molecule has 0 atom stereocenters. The van der Waals surface area contributed by atoms with Crippen molar-refractivity contribution in [3.63, 3.8) is 0 Å². The summed E-state index contributed by atoms with van der Waals surface area (Å²) in [5.74, 6) is 1.49. The molecule has 9 heteroatoms. The number of aromatic nitrogens is 3. The fraction of sp³-hybridized carbons (Fsp3) is 0.333. The fourth-order valence-corrected chi connectivity index (χ4v) is 3.09. The third-order valence-electron chi connectivity index (χ3n) is 4.41. The van der Waals surface area contributed by atoms with E-state index in [1.807, 2.05) is 51.2 Å². The summed E-state index contributed by atoms with van der Waals surface area (Å²) < 4.78 is 5.32. The van der Waals surface area contributed by atoms with E-state index >= 15 is 0 Å². The number of hydrogen-bond acceptors (Lipinski definition) is 5. The molecule has 9 nitrogen and oxygen atoms in total. The van der Waals surface area contributed by atoms with Gasteiger partial charge in [0.1, 0.15) is 5.75 Å². The summed E-state index contributed by atoms with van der Waals surface area (Å²) in [6, 6.07) is 7.44. The number of ether oxygens (including phenoxy) is 1. The van der Waals surface area contributed by atoms with Crippen molar-refractivity contribution in [1.82, 2.24) is 25.6 Å². The highest BCUT2D eigenvalue weighted by molar-refractivity contribution is 6.02. The number of H-pyrrole nitrogens is 1. The smallest absolute Gasteiger partial charge is 0.321 e. The number of aryl methyl sites for hydroxylation is 2. The predicted molar refractivity (Wildman–Crippen MR) is 118 cm³/mol. The number of carbonyl (C=O) groups excluding carboxylic acids is 1. The van der Waals surface area contributed by atoms with E-state index in [0.717, 1.165) is 33.6 Å². The molecule has 158 valence electrons. The van der Waals surface area contributed by atoms with Gasteiger partial charge in [0.15, 0.2) is 0 Å². The van der Waals surface area contributed by atoms with Gasteiger partial charge in [-0.25, -0.2) is 14.8 Å². The summed E-state index contributed by atoms with van der Waals surface area (Å²) in [4.78, 5) is 28.5. The van der Waals surface area contributed by atoms with E-state index in [2.05, 4.69) is 35.9 Å². The average Bonchev–Trinajstić information content (AvgIpc) is 3.09. The molecular formula is C21H27N7O2. The molecule has 0 aliphatic rings. The number of nitrogens with one attached hydrogen (secondary N) is 4. The minimum absolute atomic E-state index is 0.295. The van der Waals surface area contributed by atoms with Crippen LogP contribution >= 0.6 is 0 Å². The van der Waals surface area contributed by atoms with E-state index in [0.29, 0.717) is 31.4 Å². The number of benzene rings is 1. The molecule has 0 spiro atoms. The molecule has 2 aromatic heterocycles. The van der Waals surface area contributed by atoms with Gasteiger partial charge in [0.05, 0.1) is 7.11 Å². The van der Waals surface area contributed by atoms with Gasteiger partial charge < -0.3 is 15.0 Å². The number of methoxy groups -OCH3 is 1. The zero-order chi connectivity index (χ0) is 21.5. The Labute approximate surface area is 175 Å². The topological polar surface area (TPSA) is 116 Å². The first-order chi connectivity index (χ1) is 14.5. The van der Waals surface area contributed by atoms with Gasteiger partial charge in [0.2, 0.25) is 11.9 Å². The van der Waals surface area contributed by atoms with Gasteiger partial charge in [-0.15, -0.1) is 0 Å². The van der Waals surface area contributed by atoms with E-state index in [1.54, 1.807) is 7.11 Å². The molecule has 3 aromatic rings. The Hall–Kier alpha value is -3.62. The number of anilines is 1. The molecule has 3 rings (SSSR count). The third kappa shape index (κ3) is 5.47. The number of carbonyl (C=O) groups is 1. The Bertz CT molecular complexity index is 1040. The Morgan fingerprint density at radius 2 is 1.97 bits per heavy atom. The predicted octanol–water partition coefficient (Wildman–Crippen LogP) is 2.91. The number of rotatable bonds is 6. The molecule has 30 heavy (non-hydrogen) atoms. The molecule has 0 radical (unpaired) electrons. The molecule has 0 saturated heterocycles. The first kappa shape index (κ1) is 21.1. The van der Waals surface area contributed by atoms with Crippen LogP contribution < -0.4 is 20.7 Å². The minimum Gasteiger partial charge on any atom is -0.497 e. The van der Waals surface area contributed by atoms with Gasteiger partial charge in [-0.2, -0.15) is 0 Å². The minimum atomic E-state index is -0.343. The van der Waals surface area contributed by atoms with Gasteiger partial charge in [-0.1, -0.05) is 0 Å². The number of aliphatic imine (C=N–C) groups is 1. The zero-order valence-corrected chi connectivity index (χ0v) is 17.7. The van der Waals surface area contributed by atoms with E-state index in [-0.39, 0.29) is 6.03 Å². The lowest BCUT2D eigenvalue weighted by atomic mass is 10.1. The molecular weight excluding hydrogens is 382 g/mol. The second-order valence-corrected chi connectivity index (χ2v) is 6.79. The van der Waals surface area contributed by atoms with Crippen molar-refractivity contribution in [2.24, 2.45) is 4.99 Å². The fourth-order valence-electron chi connectivity index (χ4n) is 3.09. The molecule has 2 amide bonds. The number of aromatic amines is 1. The van der Waals surface area contributed by atoms with Crippen molar-refractivity contribution >= 4 is 28.8 Å². The molecule has 0 bridgehead atoms. The SMILES string of the molecule is CCNC(=O)NC(=NCCc1c[nH]c2ccc(OC)cc12)Nc1nc(C)cc(C)n1. The summed E-state index contributed by atoms with van der Waals surface area (Å²) >= 11 is 0. The quantitative estimate of drug-likeness (QED) is 0.369. The Morgan fingerprint density at radius 1 is 1.20 bits per heavy atom. The molecule has 0 unspecified atom stereocenters. The van der Waals surface area contributed by atoms with Crippen molar-refractivity contribution in [2.75, 3.05) is 25.5 Å². The number of amides is 2. The average molecular weight is 409 g/mol. The molecule has 1 aromatic carbocycles. The van der Waals surface area contributed by atoms with Crippen LogP contribution in [-0.2, 0) is 6.42 Å². The van der Waals surface area contributed by atoms with Gasteiger partial charge in [-0.3, -0.25) is 15.6 Å². The Morgan fingerprint density at radius 3 is 2.67 bits per heavy atom. The van der Waals surface area contributed by atoms with Gasteiger partial charge in [0, 0.05) is 41.6 Å². The van der Waals surface area contributed by atoms with Gasteiger partial charge in [-0.05, 0) is 57.0 Å². The molecule has 4 N–H and O–H groups in total. The normalized spacial score (nSPS) is 11.4. The van der Waals surface area contributed by atoms with Crippen LogP contribution in [0.2, 0.25) is 0 Å². The van der Waals surface area contributed by atoms with Crippen molar-refractivity contribution < 1.29 is 9.53 Å². The number of fused-ring (bicyclic) bond motifs is 1. The molecule has 0 saturated carbocycles. The largest absolute Gasteiger partial charge is 0.497 e. The van der Waals surface area contributed by atoms with Crippen molar-refractivity contribution in [3.05, 3.63) is 47.4 Å². The van der Waals surface area contributed by atoms with Crippen LogP contribution in [0.1, 0.15) is 23.9 Å². The van der Waals surface area contributed by atoms with Crippen LogP contribution in [0.3, 0.4) is 0 Å². The molecule has 2 heterocycles. The zero-order valence-electron chi connectivity index (χ0n) is 17.7. The van der Waals surface area contributed by atoms with E-state index in [1.165, 1.54) is 0 Å². The Balaban J connectivity index is 1.76. The molecule has 0 aliphatic heterocycles. The Kier molecular flexibility index (Phi) is 6.84. The molecule has 0 aliphatic carbocycles. The number of hydrogen-bond donors (Lipinski definition) is 4. The third-order valence-corrected chi connectivity index (χ3v) is 4.41. The van der Waals surface area contributed by atoms with E-state index in [4.69, 9.17) is 4.74 Å². The number of urea groups is 1. The summed E-state index contributed by atoms with van der Waals surface area (Å²) in [6.45, 7) is 6.60. The van der Waals surface area contributed by atoms with E-state index < -0.39 is 0 Å². The van der Waals surface area contributed by atoms with Crippen LogP contribution in [-0.4, -0.2) is 47.1 Å². The lowest BCUT2D eigenvalue weighted by molar-refractivity contribution is 0.246. The first-order valence-electron chi connectivity index (χ1n) is 9.81. The lowest BCUT2D eigenvalue weighted by Crippen LogP contribution is -2.43. The summed E-state index contributed by atoms with van der Waals surface area (Å²) in [5.41, 5.74) is 3.81. The number of nitrogens with zero attached hydrogens (tertiary/aromatic N) is 3. The first-order valence-corrected chi connectivity index (χ1v) is 9.81. The van der Waals surface area contributed by atoms with Crippen molar-refractivity contribution in [3.8, 4) is 5.75 Å². The van der Waals surface area contributed by atoms with Crippen LogP contribution in [0.15, 0.2) is 35.5 Å². The van der Waals surface area contributed by atoms with Crippen LogP contribution in [0.25, 0.3) is 10.9 Å². The summed E-state index contributed by atoms with van der Waals surface area (Å²) in [5, 5.41) is 9.52. The van der Waals surface area contributed by atoms with Gasteiger partial charge >= 0.3 is 6.03 Å². The maximum absolute atomic E-state index is 12.0. The number of guanidine groups is 1. The van der Waals surface area contributed by atoms with Crippen LogP contribution in [0.4, 0.5) is 10.7 Å². The van der Waals surface area contributed by atoms with E-state index in [9.17, 15) is 4.79 Å². The maximum Gasteiger partial charge on any atom is 0.321 e. The van der Waals surface area contributed by atoms with Gasteiger partial charge in [0.25, 0.3) is 0 Å². The summed E-state index contributed by atoms with van der Waals surface area (Å²) in [6.07, 6.45) is 2.65. The van der Waals surface area contributed by atoms with Crippen LogP contribution in [0, 0.1) is 13.8 Å². The molecule has 0 fully saturated rings. The maximum atomic E-state index is 12.0. The van der Waals surface area contributed by atoms with Crippen molar-refractivity contribution in [2.45, 2.75) is 27.2 Å². The summed E-state index contributed by atoms with van der Waals surface area (Å²) in [7, 11) is 1.65. The monoisotopic (exact) mass is 409 g/mol.